The highest BCUT2D eigenvalue weighted by molar-refractivity contribution is 5.77. The van der Waals surface area contributed by atoms with Gasteiger partial charge < -0.3 is 0 Å². The summed E-state index contributed by atoms with van der Waals surface area (Å²) in [6, 6.07) is 14.4. The van der Waals surface area contributed by atoms with E-state index in [-0.39, 0.29) is 5.82 Å². The van der Waals surface area contributed by atoms with E-state index in [0.717, 1.165) is 16.9 Å². The first-order chi connectivity index (χ1) is 12.2. The van der Waals surface area contributed by atoms with Gasteiger partial charge in [-0.15, -0.1) is 0 Å². The number of rotatable bonds is 3. The van der Waals surface area contributed by atoms with Gasteiger partial charge in [0.25, 0.3) is 0 Å². The third kappa shape index (κ3) is 3.04. The molecule has 0 spiro atoms. The number of nitrogens with zero attached hydrogens (tertiary/aromatic N) is 4. The van der Waals surface area contributed by atoms with Crippen molar-refractivity contribution in [2.45, 2.75) is 6.92 Å². The second-order valence-corrected chi connectivity index (χ2v) is 5.69. The van der Waals surface area contributed by atoms with E-state index >= 15 is 0 Å². The molecule has 0 radical (unpaired) electrons. The topological polar surface area (TPSA) is 43.6 Å². The highest BCUT2D eigenvalue weighted by Crippen LogP contribution is 2.17. The number of hydrogen-bond acceptors (Lipinski definition) is 3. The van der Waals surface area contributed by atoms with Crippen molar-refractivity contribution < 1.29 is 4.39 Å². The Morgan fingerprint density at radius 3 is 2.64 bits per heavy atom. The van der Waals surface area contributed by atoms with Crippen molar-refractivity contribution in [3.8, 4) is 5.69 Å². The van der Waals surface area contributed by atoms with Gasteiger partial charge in [-0.05, 0) is 43.3 Å². The molecule has 0 atom stereocenters. The Balaban J connectivity index is 1.65. The number of aromatic nitrogens is 4. The maximum Gasteiger partial charge on any atom is 0.125 e. The van der Waals surface area contributed by atoms with Crippen LogP contribution in [-0.4, -0.2) is 19.7 Å². The lowest BCUT2D eigenvalue weighted by Gasteiger charge is -2.03. The summed E-state index contributed by atoms with van der Waals surface area (Å²) in [4.78, 5) is 8.74. The van der Waals surface area contributed by atoms with E-state index in [4.69, 9.17) is 0 Å². The minimum atomic E-state index is -0.317. The lowest BCUT2D eigenvalue weighted by Crippen LogP contribution is -1.98. The molecule has 4 aromatic rings. The second-order valence-electron chi connectivity index (χ2n) is 5.69. The first-order valence-corrected chi connectivity index (χ1v) is 7.91. The van der Waals surface area contributed by atoms with E-state index in [1.165, 1.54) is 12.1 Å². The van der Waals surface area contributed by atoms with Gasteiger partial charge in [-0.25, -0.2) is 14.1 Å². The smallest absolute Gasteiger partial charge is 0.125 e. The molecule has 2 aromatic heterocycles. The SMILES string of the molecule is Cc1c(/C=C/c2cnc3ccc(F)cc3n2)cnn1-c1ccccc1. The quantitative estimate of drug-likeness (QED) is 0.558. The fraction of sp³-hybridized carbons (Fsp3) is 0.0500. The molecule has 5 heteroatoms. The average Bonchev–Trinajstić information content (AvgIpc) is 3.01. The van der Waals surface area contributed by atoms with E-state index in [2.05, 4.69) is 15.1 Å². The predicted molar refractivity (Wildman–Crippen MR) is 96.7 cm³/mol. The van der Waals surface area contributed by atoms with E-state index in [0.29, 0.717) is 16.7 Å². The van der Waals surface area contributed by atoms with Gasteiger partial charge in [0.1, 0.15) is 5.82 Å². The average molecular weight is 330 g/mol. The summed E-state index contributed by atoms with van der Waals surface area (Å²) >= 11 is 0. The Morgan fingerprint density at radius 1 is 0.960 bits per heavy atom. The molecule has 4 rings (SSSR count). The molecule has 2 heterocycles. The highest BCUT2D eigenvalue weighted by atomic mass is 19.1. The monoisotopic (exact) mass is 330 g/mol. The summed E-state index contributed by atoms with van der Waals surface area (Å²) in [7, 11) is 0. The molecule has 0 aliphatic carbocycles. The van der Waals surface area contributed by atoms with Crippen molar-refractivity contribution >= 4 is 23.2 Å². The molecule has 0 amide bonds. The van der Waals surface area contributed by atoms with E-state index in [9.17, 15) is 4.39 Å². The van der Waals surface area contributed by atoms with Crippen molar-refractivity contribution in [3.63, 3.8) is 0 Å². The van der Waals surface area contributed by atoms with Gasteiger partial charge in [0.2, 0.25) is 0 Å². The third-order valence-electron chi connectivity index (χ3n) is 4.01. The third-order valence-corrected chi connectivity index (χ3v) is 4.01. The normalized spacial score (nSPS) is 11.4. The first kappa shape index (κ1) is 15.2. The molecule has 122 valence electrons. The van der Waals surface area contributed by atoms with Crippen molar-refractivity contribution in [1.82, 2.24) is 19.7 Å². The van der Waals surface area contributed by atoms with Crippen molar-refractivity contribution in [3.05, 3.63) is 83.7 Å². The summed E-state index contributed by atoms with van der Waals surface area (Å²) in [6.45, 7) is 2.01. The molecule has 0 aliphatic rings. The van der Waals surface area contributed by atoms with Crippen LogP contribution in [0.5, 0.6) is 0 Å². The van der Waals surface area contributed by atoms with Crippen LogP contribution in [0.3, 0.4) is 0 Å². The van der Waals surface area contributed by atoms with Crippen LogP contribution >= 0.6 is 0 Å². The van der Waals surface area contributed by atoms with Crippen LogP contribution in [0.4, 0.5) is 4.39 Å². The minimum absolute atomic E-state index is 0.317. The zero-order chi connectivity index (χ0) is 17.2. The lowest BCUT2D eigenvalue weighted by atomic mass is 10.2. The maximum absolute atomic E-state index is 13.3. The van der Waals surface area contributed by atoms with E-state index in [1.807, 2.05) is 60.3 Å². The van der Waals surface area contributed by atoms with Crippen molar-refractivity contribution in [1.29, 1.82) is 0 Å². The Kier molecular flexibility index (Phi) is 3.82. The van der Waals surface area contributed by atoms with Crippen LogP contribution in [0.2, 0.25) is 0 Å². The van der Waals surface area contributed by atoms with Crippen LogP contribution in [0, 0.1) is 12.7 Å². The van der Waals surface area contributed by atoms with Gasteiger partial charge in [-0.3, -0.25) is 4.98 Å². The fourth-order valence-corrected chi connectivity index (χ4v) is 2.67. The number of para-hydroxylation sites is 1. The largest absolute Gasteiger partial charge is 0.252 e. The van der Waals surface area contributed by atoms with Gasteiger partial charge in [0.15, 0.2) is 0 Å². The Labute approximate surface area is 144 Å². The number of halogens is 1. The van der Waals surface area contributed by atoms with Crippen molar-refractivity contribution in [2.24, 2.45) is 0 Å². The number of fused-ring (bicyclic) bond motifs is 1. The molecule has 0 saturated carbocycles. The molecule has 0 aliphatic heterocycles. The molecule has 0 unspecified atom stereocenters. The molecule has 0 saturated heterocycles. The van der Waals surface area contributed by atoms with Crippen LogP contribution in [0.25, 0.3) is 28.9 Å². The highest BCUT2D eigenvalue weighted by Gasteiger charge is 2.06. The van der Waals surface area contributed by atoms with Crippen molar-refractivity contribution in [2.75, 3.05) is 0 Å². The molecular formula is C20H15FN4. The zero-order valence-corrected chi connectivity index (χ0v) is 13.6. The molecule has 0 fully saturated rings. The molecule has 0 bridgehead atoms. The number of benzene rings is 2. The summed E-state index contributed by atoms with van der Waals surface area (Å²) in [5.41, 5.74) is 4.92. The zero-order valence-electron chi connectivity index (χ0n) is 13.6. The molecule has 25 heavy (non-hydrogen) atoms. The minimum Gasteiger partial charge on any atom is -0.252 e. The Bertz CT molecular complexity index is 1070. The number of hydrogen-bond donors (Lipinski definition) is 0. The Morgan fingerprint density at radius 2 is 1.80 bits per heavy atom. The van der Waals surface area contributed by atoms with E-state index < -0.39 is 0 Å². The van der Waals surface area contributed by atoms with E-state index in [1.54, 1.807) is 12.3 Å². The van der Waals surface area contributed by atoms with Crippen LogP contribution < -0.4 is 0 Å². The Hall–Kier alpha value is -3.34. The predicted octanol–water partition coefficient (Wildman–Crippen LogP) is 4.43. The summed E-state index contributed by atoms with van der Waals surface area (Å²) in [5.74, 6) is -0.317. The standard InChI is InChI=1S/C20H15FN4/c1-14-15(12-23-25(14)18-5-3-2-4-6-18)7-9-17-13-22-19-10-8-16(21)11-20(19)24-17/h2-13H,1H3/b9-7+. The van der Waals surface area contributed by atoms with Gasteiger partial charge >= 0.3 is 0 Å². The van der Waals surface area contributed by atoms with Crippen LogP contribution in [0.15, 0.2) is 60.9 Å². The summed E-state index contributed by atoms with van der Waals surface area (Å²) in [5, 5.41) is 4.44. The molecule has 2 aromatic carbocycles. The maximum atomic E-state index is 13.3. The second kappa shape index (κ2) is 6.28. The summed E-state index contributed by atoms with van der Waals surface area (Å²) < 4.78 is 15.2. The molecule has 4 nitrogen and oxygen atoms in total. The molecular weight excluding hydrogens is 315 g/mol. The van der Waals surface area contributed by atoms with Gasteiger partial charge in [-0.1, -0.05) is 18.2 Å². The first-order valence-electron chi connectivity index (χ1n) is 7.91. The fourth-order valence-electron chi connectivity index (χ4n) is 2.67. The van der Waals surface area contributed by atoms with Gasteiger partial charge in [0.05, 0.1) is 34.8 Å². The van der Waals surface area contributed by atoms with Crippen LogP contribution in [-0.2, 0) is 0 Å². The van der Waals surface area contributed by atoms with Gasteiger partial charge in [-0.2, -0.15) is 5.10 Å². The lowest BCUT2D eigenvalue weighted by molar-refractivity contribution is 0.629. The molecule has 0 N–H and O–H groups in total. The van der Waals surface area contributed by atoms with Crippen LogP contribution in [0.1, 0.15) is 17.0 Å². The van der Waals surface area contributed by atoms with Gasteiger partial charge in [0, 0.05) is 17.3 Å². The summed E-state index contributed by atoms with van der Waals surface area (Å²) in [6.07, 6.45) is 7.29.